The lowest BCUT2D eigenvalue weighted by Crippen LogP contribution is -2.46. The molecule has 1 aromatic heterocycles. The fourth-order valence-corrected chi connectivity index (χ4v) is 2.41. The van der Waals surface area contributed by atoms with Gasteiger partial charge in [0.1, 0.15) is 6.04 Å². The summed E-state index contributed by atoms with van der Waals surface area (Å²) >= 11 is 0. The molecule has 1 saturated heterocycles. The number of nitrogens with zero attached hydrogens (tertiary/aromatic N) is 2. The van der Waals surface area contributed by atoms with E-state index in [2.05, 4.69) is 22.1 Å². The van der Waals surface area contributed by atoms with E-state index < -0.39 is 0 Å². The second-order valence-corrected chi connectivity index (χ2v) is 4.56. The zero-order valence-corrected chi connectivity index (χ0v) is 10.1. The number of carbonyl (C=O) groups is 1. The molecule has 2 N–H and O–H groups in total. The van der Waals surface area contributed by atoms with Crippen molar-refractivity contribution in [3.63, 3.8) is 0 Å². The second-order valence-electron chi connectivity index (χ2n) is 4.56. The number of hydrogen-bond acceptors (Lipinski definition) is 3. The van der Waals surface area contributed by atoms with Crippen LogP contribution >= 0.6 is 0 Å². The minimum absolute atomic E-state index is 0.0665. The molecular formula is C13H14N4O. The van der Waals surface area contributed by atoms with E-state index in [9.17, 15) is 4.79 Å². The topological polar surface area (TPSA) is 61.0 Å². The lowest BCUT2D eigenvalue weighted by Gasteiger charge is -2.32. The predicted molar refractivity (Wildman–Crippen MR) is 68.7 cm³/mol. The monoisotopic (exact) mass is 242 g/mol. The van der Waals surface area contributed by atoms with Crippen molar-refractivity contribution in [2.24, 2.45) is 0 Å². The maximum Gasteiger partial charge on any atom is 0.247 e. The number of nitrogens with one attached hydrogen (secondary N) is 2. The highest BCUT2D eigenvalue weighted by Gasteiger charge is 2.32. The number of aromatic amines is 1. The van der Waals surface area contributed by atoms with E-state index >= 15 is 0 Å². The van der Waals surface area contributed by atoms with Gasteiger partial charge in [-0.05, 0) is 13.1 Å². The van der Waals surface area contributed by atoms with Crippen molar-refractivity contribution in [2.75, 3.05) is 13.6 Å². The van der Waals surface area contributed by atoms with Gasteiger partial charge in [0.2, 0.25) is 5.91 Å². The Hall–Kier alpha value is -2.14. The number of amides is 1. The Morgan fingerprint density at radius 2 is 2.22 bits per heavy atom. The van der Waals surface area contributed by atoms with Crippen LogP contribution in [0.5, 0.6) is 0 Å². The van der Waals surface area contributed by atoms with Crippen LogP contribution in [0.15, 0.2) is 36.5 Å². The van der Waals surface area contributed by atoms with Crippen LogP contribution in [0.4, 0.5) is 0 Å². The van der Waals surface area contributed by atoms with Gasteiger partial charge in [-0.1, -0.05) is 24.8 Å². The zero-order chi connectivity index (χ0) is 12.7. The highest BCUT2D eigenvalue weighted by molar-refractivity contribution is 5.91. The van der Waals surface area contributed by atoms with E-state index in [0.29, 0.717) is 6.54 Å². The summed E-state index contributed by atoms with van der Waals surface area (Å²) in [4.78, 5) is 14.1. The molecule has 0 bridgehead atoms. The van der Waals surface area contributed by atoms with Crippen LogP contribution in [-0.2, 0) is 4.79 Å². The first-order valence-corrected chi connectivity index (χ1v) is 5.78. The zero-order valence-electron chi connectivity index (χ0n) is 10.1. The van der Waals surface area contributed by atoms with Gasteiger partial charge in [0.15, 0.2) is 0 Å². The summed E-state index contributed by atoms with van der Waals surface area (Å²) in [5.74, 6) is -0.0665. The number of benzene rings is 1. The van der Waals surface area contributed by atoms with Gasteiger partial charge in [0.05, 0.1) is 11.2 Å². The van der Waals surface area contributed by atoms with Crippen LogP contribution in [0.25, 0.3) is 10.9 Å². The Bertz CT molecular complexity index is 631. The van der Waals surface area contributed by atoms with E-state index in [-0.39, 0.29) is 11.9 Å². The summed E-state index contributed by atoms with van der Waals surface area (Å²) in [5, 5.41) is 11.0. The molecule has 1 aromatic carbocycles. The Kier molecular flexibility index (Phi) is 2.41. The molecule has 1 fully saturated rings. The molecule has 1 aliphatic rings. The molecule has 1 unspecified atom stereocenters. The average Bonchev–Trinajstić information content (AvgIpc) is 2.72. The molecule has 18 heavy (non-hydrogen) atoms. The summed E-state index contributed by atoms with van der Waals surface area (Å²) in [7, 11) is 1.91. The Morgan fingerprint density at radius 3 is 3.00 bits per heavy atom. The summed E-state index contributed by atoms with van der Waals surface area (Å²) in [6.07, 6.45) is 0. The number of piperazine rings is 1. The molecule has 1 aliphatic heterocycles. The van der Waals surface area contributed by atoms with Gasteiger partial charge in [-0.25, -0.2) is 0 Å². The molecule has 2 aromatic rings. The third-order valence-corrected chi connectivity index (χ3v) is 3.19. The number of likely N-dealkylation sites (N-methyl/N-ethyl adjacent to an activating group) is 1. The van der Waals surface area contributed by atoms with Crippen molar-refractivity contribution in [1.82, 2.24) is 20.4 Å². The van der Waals surface area contributed by atoms with Crippen molar-refractivity contribution >= 4 is 16.8 Å². The smallest absolute Gasteiger partial charge is 0.247 e. The third-order valence-electron chi connectivity index (χ3n) is 3.19. The molecule has 0 radical (unpaired) electrons. The number of aromatic nitrogens is 2. The maximum atomic E-state index is 12.1. The fraction of sp³-hybridized carbons (Fsp3) is 0.231. The number of carbonyl (C=O) groups excluding carboxylic acids is 1. The van der Waals surface area contributed by atoms with Crippen molar-refractivity contribution in [2.45, 2.75) is 6.04 Å². The maximum absolute atomic E-state index is 12.1. The Labute approximate surface area is 104 Å². The fourth-order valence-electron chi connectivity index (χ4n) is 2.41. The van der Waals surface area contributed by atoms with Crippen molar-refractivity contribution < 1.29 is 4.79 Å². The molecule has 5 nitrogen and oxygen atoms in total. The predicted octanol–water partition coefficient (Wildman–Crippen LogP) is 1.18. The molecule has 92 valence electrons. The molecule has 2 heterocycles. The first kappa shape index (κ1) is 11.0. The van der Waals surface area contributed by atoms with Gasteiger partial charge in [0, 0.05) is 17.6 Å². The molecule has 0 saturated carbocycles. The van der Waals surface area contributed by atoms with Crippen LogP contribution in [0.1, 0.15) is 11.7 Å². The normalized spacial score (nSPS) is 21.3. The number of rotatable bonds is 1. The molecular weight excluding hydrogens is 228 g/mol. The average molecular weight is 242 g/mol. The first-order chi connectivity index (χ1) is 8.66. The SMILES string of the molecule is C=C1CN(C)C(c2[nH]nc3ccccc23)C(=O)N1. The number of fused-ring (bicyclic) bond motifs is 1. The minimum atomic E-state index is -0.345. The van der Waals surface area contributed by atoms with Crippen LogP contribution in [-0.4, -0.2) is 34.6 Å². The van der Waals surface area contributed by atoms with Crippen molar-refractivity contribution in [3.8, 4) is 0 Å². The minimum Gasteiger partial charge on any atom is -0.327 e. The van der Waals surface area contributed by atoms with E-state index in [4.69, 9.17) is 0 Å². The van der Waals surface area contributed by atoms with E-state index in [1.54, 1.807) is 0 Å². The molecule has 3 rings (SSSR count). The van der Waals surface area contributed by atoms with E-state index in [1.807, 2.05) is 36.2 Å². The molecule has 0 spiro atoms. The molecule has 0 aliphatic carbocycles. The number of H-pyrrole nitrogens is 1. The van der Waals surface area contributed by atoms with Gasteiger partial charge in [-0.2, -0.15) is 5.10 Å². The highest BCUT2D eigenvalue weighted by atomic mass is 16.2. The van der Waals surface area contributed by atoms with Crippen LogP contribution in [0.3, 0.4) is 0 Å². The van der Waals surface area contributed by atoms with Gasteiger partial charge in [0.25, 0.3) is 0 Å². The second kappa shape index (κ2) is 3.96. The van der Waals surface area contributed by atoms with Gasteiger partial charge in [-0.3, -0.25) is 14.8 Å². The Morgan fingerprint density at radius 1 is 1.44 bits per heavy atom. The summed E-state index contributed by atoms with van der Waals surface area (Å²) in [5.41, 5.74) is 2.43. The number of para-hydroxylation sites is 1. The van der Waals surface area contributed by atoms with E-state index in [0.717, 1.165) is 22.3 Å². The highest BCUT2D eigenvalue weighted by Crippen LogP contribution is 2.27. The van der Waals surface area contributed by atoms with E-state index in [1.165, 1.54) is 0 Å². The molecule has 1 atom stereocenters. The van der Waals surface area contributed by atoms with Crippen LogP contribution in [0.2, 0.25) is 0 Å². The largest absolute Gasteiger partial charge is 0.327 e. The summed E-state index contributed by atoms with van der Waals surface area (Å²) < 4.78 is 0. The van der Waals surface area contributed by atoms with Crippen LogP contribution < -0.4 is 5.32 Å². The molecule has 1 amide bonds. The van der Waals surface area contributed by atoms with Gasteiger partial charge < -0.3 is 5.32 Å². The van der Waals surface area contributed by atoms with Gasteiger partial charge in [-0.15, -0.1) is 0 Å². The third kappa shape index (κ3) is 1.60. The molecule has 5 heteroatoms. The van der Waals surface area contributed by atoms with Crippen molar-refractivity contribution in [3.05, 3.63) is 42.2 Å². The standard InChI is InChI=1S/C13H14N4O/c1-8-7-17(2)12(13(18)14-8)11-9-5-3-4-6-10(9)15-16-11/h3-6,12H,1,7H2,2H3,(H,14,18)(H,15,16). The Balaban J connectivity index is 2.08. The number of hydrogen-bond donors (Lipinski definition) is 2. The first-order valence-electron chi connectivity index (χ1n) is 5.78. The lowest BCUT2D eigenvalue weighted by molar-refractivity contribution is -0.127. The van der Waals surface area contributed by atoms with Gasteiger partial charge >= 0.3 is 0 Å². The quantitative estimate of drug-likeness (QED) is 0.789. The lowest BCUT2D eigenvalue weighted by atomic mass is 10.0. The van der Waals surface area contributed by atoms with Crippen molar-refractivity contribution in [1.29, 1.82) is 0 Å². The van der Waals surface area contributed by atoms with Crippen LogP contribution in [0, 0.1) is 0 Å². The summed E-state index contributed by atoms with van der Waals surface area (Å²) in [6.45, 7) is 4.44. The summed E-state index contributed by atoms with van der Waals surface area (Å²) in [6, 6.07) is 7.43.